The largest absolute Gasteiger partial charge is 0.366 e. The van der Waals surface area contributed by atoms with E-state index in [0.717, 1.165) is 5.56 Å². The van der Waals surface area contributed by atoms with E-state index in [2.05, 4.69) is 13.8 Å². The van der Waals surface area contributed by atoms with Crippen LogP contribution in [0.1, 0.15) is 54.6 Å². The molecule has 0 spiro atoms. The maximum Gasteiger partial charge on any atom is 0.248 e. The Bertz CT molecular complexity index is 403. The quantitative estimate of drug-likeness (QED) is 0.869. The van der Waals surface area contributed by atoms with Gasteiger partial charge in [0.1, 0.15) is 0 Å². The van der Waals surface area contributed by atoms with Crippen LogP contribution >= 0.6 is 0 Å². The molecule has 0 heterocycles. The molecule has 0 bridgehead atoms. The summed E-state index contributed by atoms with van der Waals surface area (Å²) < 4.78 is 0. The molecule has 0 saturated carbocycles. The number of primary amides is 1. The summed E-state index contributed by atoms with van der Waals surface area (Å²) in [6, 6.07) is 6.79. The number of hydrogen-bond acceptors (Lipinski definition) is 2. The Kier molecular flexibility index (Phi) is 7.45. The second-order valence-electron chi connectivity index (χ2n) is 3.92. The molecule has 1 aromatic carbocycles. The highest BCUT2D eigenvalue weighted by Gasteiger charge is 2.02. The number of nitrogens with zero attached hydrogens (tertiary/aromatic N) is 1. The molecular weight excluding hydrogens is 212 g/mol. The molecule has 2 N–H and O–H groups in total. The fourth-order valence-corrected chi connectivity index (χ4v) is 1.34. The number of nitriles is 1. The lowest BCUT2D eigenvalue weighted by Crippen LogP contribution is -2.11. The average molecular weight is 232 g/mol. The SMILES string of the molecule is CCCCC.Cc1cc(C#N)cc(C(N)=O)c1. The van der Waals surface area contributed by atoms with Gasteiger partial charge in [-0.15, -0.1) is 0 Å². The monoisotopic (exact) mass is 232 g/mol. The Morgan fingerprint density at radius 3 is 2.24 bits per heavy atom. The molecule has 3 nitrogen and oxygen atoms in total. The maximum atomic E-state index is 10.7. The molecule has 1 amide bonds. The normalized spacial score (nSPS) is 8.82. The van der Waals surface area contributed by atoms with Crippen molar-refractivity contribution in [1.29, 1.82) is 5.26 Å². The first-order valence-electron chi connectivity index (χ1n) is 5.86. The van der Waals surface area contributed by atoms with Gasteiger partial charge in [0.25, 0.3) is 0 Å². The molecule has 0 aromatic heterocycles. The van der Waals surface area contributed by atoms with Gasteiger partial charge in [-0.2, -0.15) is 5.26 Å². The summed E-state index contributed by atoms with van der Waals surface area (Å²) in [5.74, 6) is -0.504. The zero-order chi connectivity index (χ0) is 13.3. The smallest absolute Gasteiger partial charge is 0.248 e. The van der Waals surface area contributed by atoms with E-state index >= 15 is 0 Å². The summed E-state index contributed by atoms with van der Waals surface area (Å²) in [4.78, 5) is 10.7. The van der Waals surface area contributed by atoms with Crippen molar-refractivity contribution < 1.29 is 4.79 Å². The van der Waals surface area contributed by atoms with Gasteiger partial charge in [-0.3, -0.25) is 4.79 Å². The van der Waals surface area contributed by atoms with Gasteiger partial charge < -0.3 is 5.73 Å². The summed E-state index contributed by atoms with van der Waals surface area (Å²) in [6.07, 6.45) is 4.08. The van der Waals surface area contributed by atoms with E-state index < -0.39 is 5.91 Å². The Morgan fingerprint density at radius 1 is 1.29 bits per heavy atom. The van der Waals surface area contributed by atoms with Crippen molar-refractivity contribution in [2.24, 2.45) is 5.73 Å². The van der Waals surface area contributed by atoms with Gasteiger partial charge in [0.05, 0.1) is 11.6 Å². The second-order valence-corrected chi connectivity index (χ2v) is 3.92. The highest BCUT2D eigenvalue weighted by atomic mass is 16.1. The lowest BCUT2D eigenvalue weighted by atomic mass is 10.1. The van der Waals surface area contributed by atoms with Gasteiger partial charge in [-0.1, -0.05) is 33.1 Å². The Labute approximate surface area is 103 Å². The molecule has 0 aliphatic rings. The Hall–Kier alpha value is -1.82. The summed E-state index contributed by atoms with van der Waals surface area (Å²) in [6.45, 7) is 6.24. The summed E-state index contributed by atoms with van der Waals surface area (Å²) in [5.41, 5.74) is 6.76. The fraction of sp³-hybridized carbons (Fsp3) is 0.429. The van der Waals surface area contributed by atoms with Crippen LogP contribution in [-0.4, -0.2) is 5.91 Å². The van der Waals surface area contributed by atoms with Crippen molar-refractivity contribution in [3.8, 4) is 6.07 Å². The number of hydrogen-bond donors (Lipinski definition) is 1. The first kappa shape index (κ1) is 15.2. The third-order valence-electron chi connectivity index (χ3n) is 2.20. The van der Waals surface area contributed by atoms with Crippen LogP contribution in [0.25, 0.3) is 0 Å². The van der Waals surface area contributed by atoms with Crippen molar-refractivity contribution in [3.63, 3.8) is 0 Å². The number of carbonyl (C=O) groups excluding carboxylic acids is 1. The summed E-state index contributed by atoms with van der Waals surface area (Å²) in [5, 5.41) is 8.57. The molecule has 0 radical (unpaired) electrons. The Balaban J connectivity index is 0.000000437. The minimum atomic E-state index is -0.504. The van der Waals surface area contributed by atoms with Crippen LogP contribution < -0.4 is 5.73 Å². The lowest BCUT2D eigenvalue weighted by Gasteiger charge is -1.97. The van der Waals surface area contributed by atoms with Crippen LogP contribution in [0, 0.1) is 18.3 Å². The first-order valence-corrected chi connectivity index (χ1v) is 5.86. The average Bonchev–Trinajstić information content (AvgIpc) is 2.30. The molecule has 92 valence electrons. The lowest BCUT2D eigenvalue weighted by molar-refractivity contribution is 0.1000. The van der Waals surface area contributed by atoms with E-state index in [4.69, 9.17) is 11.0 Å². The molecule has 0 fully saturated rings. The van der Waals surface area contributed by atoms with Gasteiger partial charge in [-0.25, -0.2) is 0 Å². The molecule has 1 aromatic rings. The molecule has 0 atom stereocenters. The van der Waals surface area contributed by atoms with Crippen molar-refractivity contribution in [3.05, 3.63) is 34.9 Å². The number of rotatable bonds is 3. The van der Waals surface area contributed by atoms with Crippen LogP contribution in [0.3, 0.4) is 0 Å². The first-order chi connectivity index (χ1) is 8.04. The van der Waals surface area contributed by atoms with Crippen molar-refractivity contribution in [2.75, 3.05) is 0 Å². The van der Waals surface area contributed by atoms with Crippen molar-refractivity contribution in [2.45, 2.75) is 40.0 Å². The number of benzene rings is 1. The summed E-state index contributed by atoms with van der Waals surface area (Å²) >= 11 is 0. The van der Waals surface area contributed by atoms with E-state index in [1.165, 1.54) is 25.3 Å². The van der Waals surface area contributed by atoms with Gasteiger partial charge in [0.2, 0.25) is 5.91 Å². The molecule has 0 aliphatic carbocycles. The van der Waals surface area contributed by atoms with Crippen LogP contribution in [-0.2, 0) is 0 Å². The van der Waals surface area contributed by atoms with E-state index in [1.54, 1.807) is 12.1 Å². The third-order valence-corrected chi connectivity index (χ3v) is 2.20. The van der Waals surface area contributed by atoms with Gasteiger partial charge in [0.15, 0.2) is 0 Å². The van der Waals surface area contributed by atoms with Crippen LogP contribution in [0.15, 0.2) is 18.2 Å². The topological polar surface area (TPSA) is 66.9 Å². The van der Waals surface area contributed by atoms with Crippen molar-refractivity contribution >= 4 is 5.91 Å². The third kappa shape index (κ3) is 6.36. The van der Waals surface area contributed by atoms with Crippen molar-refractivity contribution in [1.82, 2.24) is 0 Å². The molecule has 0 unspecified atom stereocenters. The van der Waals surface area contributed by atoms with E-state index in [0.29, 0.717) is 11.1 Å². The molecule has 0 aliphatic heterocycles. The molecule has 17 heavy (non-hydrogen) atoms. The van der Waals surface area contributed by atoms with Gasteiger partial charge in [0, 0.05) is 5.56 Å². The molecule has 1 rings (SSSR count). The zero-order valence-corrected chi connectivity index (χ0v) is 10.8. The molecular formula is C14H20N2O. The number of carbonyl (C=O) groups is 1. The molecule has 3 heteroatoms. The van der Waals surface area contributed by atoms with Crippen LogP contribution in [0.4, 0.5) is 0 Å². The van der Waals surface area contributed by atoms with Crippen LogP contribution in [0.2, 0.25) is 0 Å². The zero-order valence-electron chi connectivity index (χ0n) is 10.8. The number of unbranched alkanes of at least 4 members (excludes halogenated alkanes) is 2. The van der Waals surface area contributed by atoms with Crippen LogP contribution in [0.5, 0.6) is 0 Å². The number of nitrogens with two attached hydrogens (primary N) is 1. The highest BCUT2D eigenvalue weighted by molar-refractivity contribution is 5.93. The fourth-order valence-electron chi connectivity index (χ4n) is 1.34. The maximum absolute atomic E-state index is 10.7. The minimum absolute atomic E-state index is 0.381. The standard InChI is InChI=1S/C9H8N2O.C5H12/c1-6-2-7(5-10)4-8(3-6)9(11)12;1-3-5-4-2/h2-4H,1H3,(H2,11,12);3-5H2,1-2H3. The number of aryl methyl sites for hydroxylation is 1. The second kappa shape index (κ2) is 8.35. The van der Waals surface area contributed by atoms with Gasteiger partial charge >= 0.3 is 0 Å². The highest BCUT2D eigenvalue weighted by Crippen LogP contribution is 2.07. The molecule has 0 saturated heterocycles. The number of amides is 1. The van der Waals surface area contributed by atoms with Gasteiger partial charge in [-0.05, 0) is 30.7 Å². The Morgan fingerprint density at radius 2 is 1.88 bits per heavy atom. The predicted molar refractivity (Wildman–Crippen MR) is 69.6 cm³/mol. The minimum Gasteiger partial charge on any atom is -0.366 e. The summed E-state index contributed by atoms with van der Waals surface area (Å²) in [7, 11) is 0. The van der Waals surface area contributed by atoms with E-state index in [-0.39, 0.29) is 0 Å². The van der Waals surface area contributed by atoms with E-state index in [9.17, 15) is 4.79 Å². The van der Waals surface area contributed by atoms with E-state index in [1.807, 2.05) is 13.0 Å². The predicted octanol–water partition coefficient (Wildman–Crippen LogP) is 3.16.